The van der Waals surface area contributed by atoms with E-state index < -0.39 is 17.8 Å². The fourth-order valence-corrected chi connectivity index (χ4v) is 0.496. The standard InChI is InChI=1S/C7H11NO3/c1-4(2)3-5(9)6(8)7(10)11/h3,6H,8H2,1-2H3,(H,10,11). The lowest BCUT2D eigenvalue weighted by molar-refractivity contribution is -0.141. The molecule has 0 aromatic rings. The Kier molecular flexibility index (Phi) is 3.47. The molecule has 0 saturated carbocycles. The molecule has 0 heterocycles. The summed E-state index contributed by atoms with van der Waals surface area (Å²) in [5, 5.41) is 8.29. The Labute approximate surface area is 64.7 Å². The Bertz CT molecular complexity index is 204. The summed E-state index contributed by atoms with van der Waals surface area (Å²) in [5.74, 6) is -1.87. The van der Waals surface area contributed by atoms with Crippen LogP contribution in [0.25, 0.3) is 0 Å². The average molecular weight is 157 g/mol. The van der Waals surface area contributed by atoms with Gasteiger partial charge in [0.25, 0.3) is 0 Å². The number of carbonyl (C=O) groups is 2. The summed E-state index contributed by atoms with van der Waals surface area (Å²) in [4.78, 5) is 21.0. The van der Waals surface area contributed by atoms with Crippen LogP contribution >= 0.6 is 0 Å². The molecule has 0 fully saturated rings. The van der Waals surface area contributed by atoms with Gasteiger partial charge in [-0.05, 0) is 19.9 Å². The van der Waals surface area contributed by atoms with E-state index in [2.05, 4.69) is 0 Å². The molecule has 62 valence electrons. The number of hydrogen-bond acceptors (Lipinski definition) is 3. The second-order valence-electron chi connectivity index (χ2n) is 2.44. The molecule has 4 nitrogen and oxygen atoms in total. The molecule has 0 rings (SSSR count). The topological polar surface area (TPSA) is 80.4 Å². The molecule has 0 aliphatic rings. The average Bonchev–Trinajstić information content (AvgIpc) is 1.84. The molecular weight excluding hydrogens is 146 g/mol. The fraction of sp³-hybridized carbons (Fsp3) is 0.429. The van der Waals surface area contributed by atoms with Crippen molar-refractivity contribution in [3.05, 3.63) is 11.6 Å². The number of hydrogen-bond donors (Lipinski definition) is 2. The first-order valence-corrected chi connectivity index (χ1v) is 3.12. The number of rotatable bonds is 3. The third kappa shape index (κ3) is 3.52. The molecule has 0 aliphatic carbocycles. The predicted octanol–water partition coefficient (Wildman–Crippen LogP) is -0.0664. The number of nitrogens with two attached hydrogens (primary N) is 1. The van der Waals surface area contributed by atoms with E-state index in [1.54, 1.807) is 13.8 Å². The van der Waals surface area contributed by atoms with Crippen molar-refractivity contribution >= 4 is 11.8 Å². The van der Waals surface area contributed by atoms with Crippen LogP contribution in [0.2, 0.25) is 0 Å². The lowest BCUT2D eigenvalue weighted by atomic mass is 10.1. The van der Waals surface area contributed by atoms with Crippen LogP contribution in [0.3, 0.4) is 0 Å². The molecule has 3 N–H and O–H groups in total. The highest BCUT2D eigenvalue weighted by atomic mass is 16.4. The molecule has 0 bridgehead atoms. The van der Waals surface area contributed by atoms with Crippen LogP contribution in [0.5, 0.6) is 0 Å². The number of carboxylic acid groups (broad SMARTS) is 1. The van der Waals surface area contributed by atoms with Gasteiger partial charge in [0.05, 0.1) is 0 Å². The quantitative estimate of drug-likeness (QED) is 0.444. The molecule has 1 atom stereocenters. The normalized spacial score (nSPS) is 11.9. The Morgan fingerprint density at radius 1 is 1.45 bits per heavy atom. The molecule has 11 heavy (non-hydrogen) atoms. The molecular formula is C7H11NO3. The minimum absolute atomic E-state index is 0.572. The molecule has 1 unspecified atom stereocenters. The maximum Gasteiger partial charge on any atom is 0.328 e. The Morgan fingerprint density at radius 3 is 2.18 bits per heavy atom. The van der Waals surface area contributed by atoms with Crippen LogP contribution in [-0.2, 0) is 9.59 Å². The van der Waals surface area contributed by atoms with Crippen LogP contribution in [0, 0.1) is 0 Å². The molecule has 0 aromatic carbocycles. The fourth-order valence-electron chi connectivity index (χ4n) is 0.496. The number of ketones is 1. The van der Waals surface area contributed by atoms with Crippen LogP contribution < -0.4 is 5.73 Å². The highest BCUT2D eigenvalue weighted by molar-refractivity contribution is 6.08. The first-order chi connectivity index (χ1) is 4.95. The van der Waals surface area contributed by atoms with Gasteiger partial charge in [0.15, 0.2) is 11.8 Å². The lowest BCUT2D eigenvalue weighted by Gasteiger charge is -2.00. The van der Waals surface area contributed by atoms with Gasteiger partial charge in [-0.25, -0.2) is 0 Å². The molecule has 0 aliphatic heterocycles. The van der Waals surface area contributed by atoms with Gasteiger partial charge < -0.3 is 10.8 Å². The zero-order chi connectivity index (χ0) is 9.02. The predicted molar refractivity (Wildman–Crippen MR) is 40.0 cm³/mol. The minimum Gasteiger partial charge on any atom is -0.480 e. The van der Waals surface area contributed by atoms with Crippen molar-refractivity contribution < 1.29 is 14.7 Å². The van der Waals surface area contributed by atoms with E-state index >= 15 is 0 Å². The summed E-state index contributed by atoms with van der Waals surface area (Å²) in [5.41, 5.74) is 5.76. The van der Waals surface area contributed by atoms with E-state index in [0.29, 0.717) is 0 Å². The van der Waals surface area contributed by atoms with Crippen LogP contribution in [0.4, 0.5) is 0 Å². The Hall–Kier alpha value is -1.16. The molecule has 0 aromatic heterocycles. The number of carbonyl (C=O) groups excluding carboxylic acids is 1. The number of carboxylic acids is 1. The molecule has 0 spiro atoms. The molecule has 0 amide bonds. The SMILES string of the molecule is CC(C)=CC(=O)C(N)C(=O)O. The number of allylic oxidation sites excluding steroid dienone is 1. The third-order valence-corrected chi connectivity index (χ3v) is 1.00. The minimum atomic E-state index is -1.43. The lowest BCUT2D eigenvalue weighted by Crippen LogP contribution is -2.37. The van der Waals surface area contributed by atoms with Crippen molar-refractivity contribution in [2.24, 2.45) is 5.73 Å². The zero-order valence-corrected chi connectivity index (χ0v) is 6.50. The van der Waals surface area contributed by atoms with E-state index in [4.69, 9.17) is 10.8 Å². The monoisotopic (exact) mass is 157 g/mol. The van der Waals surface area contributed by atoms with Crippen molar-refractivity contribution in [2.45, 2.75) is 19.9 Å². The largest absolute Gasteiger partial charge is 0.480 e. The second-order valence-corrected chi connectivity index (χ2v) is 2.44. The Balaban J connectivity index is 4.27. The highest BCUT2D eigenvalue weighted by Gasteiger charge is 2.18. The first kappa shape index (κ1) is 9.84. The first-order valence-electron chi connectivity index (χ1n) is 3.12. The van der Waals surface area contributed by atoms with Gasteiger partial charge in [0.2, 0.25) is 0 Å². The van der Waals surface area contributed by atoms with Gasteiger partial charge in [0.1, 0.15) is 0 Å². The van der Waals surface area contributed by atoms with E-state index in [0.717, 1.165) is 5.57 Å². The van der Waals surface area contributed by atoms with Crippen molar-refractivity contribution in [2.75, 3.05) is 0 Å². The van der Waals surface area contributed by atoms with Crippen molar-refractivity contribution in [3.8, 4) is 0 Å². The van der Waals surface area contributed by atoms with Gasteiger partial charge in [-0.2, -0.15) is 0 Å². The smallest absolute Gasteiger partial charge is 0.328 e. The van der Waals surface area contributed by atoms with E-state index in [-0.39, 0.29) is 0 Å². The van der Waals surface area contributed by atoms with Crippen molar-refractivity contribution in [1.82, 2.24) is 0 Å². The third-order valence-electron chi connectivity index (χ3n) is 1.00. The van der Waals surface area contributed by atoms with Crippen molar-refractivity contribution in [3.63, 3.8) is 0 Å². The number of aliphatic carboxylic acids is 1. The van der Waals surface area contributed by atoms with Gasteiger partial charge >= 0.3 is 5.97 Å². The van der Waals surface area contributed by atoms with Gasteiger partial charge in [0, 0.05) is 0 Å². The summed E-state index contributed by atoms with van der Waals surface area (Å²) >= 11 is 0. The summed E-state index contributed by atoms with van der Waals surface area (Å²) in [6, 6.07) is -1.43. The van der Waals surface area contributed by atoms with Crippen LogP contribution in [0.1, 0.15) is 13.8 Å². The Morgan fingerprint density at radius 2 is 1.91 bits per heavy atom. The summed E-state index contributed by atoms with van der Waals surface area (Å²) in [6.07, 6.45) is 1.22. The van der Waals surface area contributed by atoms with Gasteiger partial charge in [-0.1, -0.05) is 5.57 Å². The molecule has 4 heteroatoms. The van der Waals surface area contributed by atoms with Gasteiger partial charge in [-0.15, -0.1) is 0 Å². The molecule has 0 radical (unpaired) electrons. The maximum atomic E-state index is 10.8. The zero-order valence-electron chi connectivity index (χ0n) is 6.50. The van der Waals surface area contributed by atoms with E-state index in [1.807, 2.05) is 0 Å². The maximum absolute atomic E-state index is 10.8. The van der Waals surface area contributed by atoms with E-state index in [9.17, 15) is 9.59 Å². The second kappa shape index (κ2) is 3.88. The van der Waals surface area contributed by atoms with Crippen molar-refractivity contribution in [1.29, 1.82) is 0 Å². The highest BCUT2D eigenvalue weighted by Crippen LogP contribution is 1.92. The molecule has 0 saturated heterocycles. The van der Waals surface area contributed by atoms with Gasteiger partial charge in [-0.3, -0.25) is 9.59 Å². The summed E-state index contributed by atoms with van der Waals surface area (Å²) in [7, 11) is 0. The van der Waals surface area contributed by atoms with Crippen LogP contribution in [0.15, 0.2) is 11.6 Å². The van der Waals surface area contributed by atoms with Crippen LogP contribution in [-0.4, -0.2) is 22.9 Å². The summed E-state index contributed by atoms with van der Waals surface area (Å²) in [6.45, 7) is 3.40. The van der Waals surface area contributed by atoms with E-state index in [1.165, 1.54) is 6.08 Å². The summed E-state index contributed by atoms with van der Waals surface area (Å²) < 4.78 is 0.